The van der Waals surface area contributed by atoms with E-state index in [-0.39, 0.29) is 47.3 Å². The standard InChI is InChI=1S/C39H40F3N7O7S2/c40-39(41,42)22-14-12-21(13-15-22)32-45-30-26-9-6-7-11-29(26)56-31(30)34(46-32)55-24-18-28-33(50)47-38(36(52)48-58(53,54)25-16-17-25)19-23(38)8-4-2-1-3-5-10-27(44-37(43)57)35(51)49(28)20-24/h4,6-9,11-15,23-25,27-28H,1-3,5,10,16-20H2,(H,47,50)(H,48,52)(H3,43,44,57)/b8-4-/t23-,24-,27+,28+,38-/m1/s1. The van der Waals surface area contributed by atoms with E-state index >= 15 is 0 Å². The monoisotopic (exact) mass is 839 g/mol. The molecule has 0 radical (unpaired) electrons. The van der Waals surface area contributed by atoms with Crippen LogP contribution in [0.2, 0.25) is 0 Å². The van der Waals surface area contributed by atoms with Gasteiger partial charge < -0.3 is 30.4 Å². The van der Waals surface area contributed by atoms with Crippen LogP contribution in [-0.4, -0.2) is 81.6 Å². The van der Waals surface area contributed by atoms with Gasteiger partial charge in [-0.1, -0.05) is 49.3 Å². The second kappa shape index (κ2) is 15.1. The fourth-order valence-corrected chi connectivity index (χ4v) is 9.27. The zero-order valence-corrected chi connectivity index (χ0v) is 32.6. The maximum atomic E-state index is 14.4. The Bertz CT molecular complexity index is 2440. The second-order valence-corrected chi connectivity index (χ2v) is 17.7. The zero-order chi connectivity index (χ0) is 41.0. The first-order valence-corrected chi connectivity index (χ1v) is 21.0. The molecule has 3 amide bonds. The van der Waals surface area contributed by atoms with Crippen molar-refractivity contribution in [3.8, 4) is 17.3 Å². The fraction of sp³-hybridized carbons (Fsp3) is 0.436. The molecule has 4 heterocycles. The van der Waals surface area contributed by atoms with E-state index in [4.69, 9.17) is 27.1 Å². The molecule has 14 nitrogen and oxygen atoms in total. The Labute approximate surface area is 336 Å². The molecule has 19 heteroatoms. The number of sulfonamides is 1. The highest BCUT2D eigenvalue weighted by Gasteiger charge is 2.62. The van der Waals surface area contributed by atoms with Gasteiger partial charge in [-0.25, -0.2) is 13.4 Å². The highest BCUT2D eigenvalue weighted by atomic mass is 32.2. The van der Waals surface area contributed by atoms with Gasteiger partial charge in [0.25, 0.3) is 11.8 Å². The Balaban J connectivity index is 1.14. The van der Waals surface area contributed by atoms with Crippen LogP contribution < -0.4 is 25.8 Å². The van der Waals surface area contributed by atoms with Crippen molar-refractivity contribution in [2.24, 2.45) is 11.7 Å². The maximum absolute atomic E-state index is 14.4. The first-order chi connectivity index (χ1) is 27.6. The van der Waals surface area contributed by atoms with E-state index in [1.165, 1.54) is 17.0 Å². The van der Waals surface area contributed by atoms with Crippen molar-refractivity contribution in [2.75, 3.05) is 6.54 Å². The molecule has 58 heavy (non-hydrogen) atoms. The lowest BCUT2D eigenvalue weighted by Crippen LogP contribution is -2.58. The summed E-state index contributed by atoms with van der Waals surface area (Å²) in [7, 11) is -3.94. The number of aromatic nitrogens is 2. The zero-order valence-electron chi connectivity index (χ0n) is 31.0. The van der Waals surface area contributed by atoms with Crippen molar-refractivity contribution in [1.82, 2.24) is 30.2 Å². The minimum atomic E-state index is -4.55. The summed E-state index contributed by atoms with van der Waals surface area (Å²) in [6.45, 7) is -0.133. The molecule has 1 saturated heterocycles. The Morgan fingerprint density at radius 3 is 2.53 bits per heavy atom. The quantitative estimate of drug-likeness (QED) is 0.149. The van der Waals surface area contributed by atoms with Gasteiger partial charge in [0, 0.05) is 23.3 Å². The van der Waals surface area contributed by atoms with Crippen molar-refractivity contribution in [3.05, 3.63) is 66.2 Å². The predicted octanol–water partition coefficient (Wildman–Crippen LogP) is 4.62. The number of hydrogen-bond donors (Lipinski definition) is 4. The Kier molecular flexibility index (Phi) is 10.3. The first-order valence-electron chi connectivity index (χ1n) is 19.1. The topological polar surface area (TPSA) is 199 Å². The van der Waals surface area contributed by atoms with Crippen LogP contribution >= 0.6 is 12.2 Å². The molecular formula is C39H40F3N7O7S2. The maximum Gasteiger partial charge on any atom is 0.416 e. The molecule has 0 bridgehead atoms. The van der Waals surface area contributed by atoms with E-state index in [1.807, 2.05) is 12.2 Å². The van der Waals surface area contributed by atoms with E-state index < -0.39 is 74.4 Å². The lowest BCUT2D eigenvalue weighted by Gasteiger charge is -2.30. The van der Waals surface area contributed by atoms with E-state index in [2.05, 4.69) is 25.3 Å². The average Bonchev–Trinajstić information content (AvgIpc) is 4.08. The molecule has 8 rings (SSSR count). The number of hydrogen-bond acceptors (Lipinski definition) is 10. The second-order valence-electron chi connectivity index (χ2n) is 15.3. The van der Waals surface area contributed by atoms with Gasteiger partial charge in [-0.05, 0) is 75.0 Å². The number of alkyl halides is 3. The molecule has 3 fully saturated rings. The summed E-state index contributed by atoms with van der Waals surface area (Å²) in [5.41, 5.74) is 4.63. The van der Waals surface area contributed by atoms with Gasteiger partial charge in [0.1, 0.15) is 34.8 Å². The van der Waals surface area contributed by atoms with Crippen molar-refractivity contribution in [2.45, 2.75) is 92.9 Å². The molecule has 4 aliphatic rings. The van der Waals surface area contributed by atoms with E-state index in [0.717, 1.165) is 25.0 Å². The molecule has 2 aromatic carbocycles. The van der Waals surface area contributed by atoms with Crippen molar-refractivity contribution in [1.29, 1.82) is 0 Å². The van der Waals surface area contributed by atoms with Crippen LogP contribution in [0.15, 0.2) is 65.1 Å². The minimum absolute atomic E-state index is 0.0482. The van der Waals surface area contributed by atoms with Crippen LogP contribution in [0, 0.1) is 5.92 Å². The fourth-order valence-electron chi connectivity index (χ4n) is 7.76. The largest absolute Gasteiger partial charge is 0.470 e. The Morgan fingerprint density at radius 2 is 1.81 bits per heavy atom. The van der Waals surface area contributed by atoms with Crippen LogP contribution in [0.5, 0.6) is 5.88 Å². The summed E-state index contributed by atoms with van der Waals surface area (Å²) in [6, 6.07) is 9.27. The SMILES string of the molecule is NC(=S)N[C@H]1CCCCC/C=C\[C@@H]2C[C@@]2(C(=O)NS(=O)(=O)C2CC2)NC(=O)[C@@H]2C[C@@H](Oc3nc(-c4ccc(C(F)(F)F)cc4)nc4c3oc3ccccc34)CN2C1=O. The Hall–Kier alpha value is -5.30. The number of ether oxygens (including phenoxy) is 1. The summed E-state index contributed by atoms with van der Waals surface area (Å²) in [5, 5.41) is 5.53. The highest BCUT2D eigenvalue weighted by Crippen LogP contribution is 2.46. The molecule has 2 aromatic heterocycles. The number of furan rings is 1. The number of carbonyl (C=O) groups excluding carboxylic acids is 3. The molecule has 0 unspecified atom stereocenters. The van der Waals surface area contributed by atoms with Crippen LogP contribution in [0.1, 0.15) is 63.4 Å². The third-order valence-electron chi connectivity index (χ3n) is 11.1. The van der Waals surface area contributed by atoms with Crippen LogP contribution in [-0.2, 0) is 30.6 Å². The highest BCUT2D eigenvalue weighted by molar-refractivity contribution is 7.91. The molecule has 306 valence electrons. The average molecular weight is 840 g/mol. The lowest BCUT2D eigenvalue weighted by atomic mass is 10.1. The number of nitrogens with one attached hydrogen (secondary N) is 3. The van der Waals surface area contributed by atoms with E-state index in [9.17, 15) is 36.0 Å². The summed E-state index contributed by atoms with van der Waals surface area (Å²) < 4.78 is 80.7. The molecular weight excluding hydrogens is 800 g/mol. The number of amides is 3. The predicted molar refractivity (Wildman–Crippen MR) is 209 cm³/mol. The van der Waals surface area contributed by atoms with Gasteiger partial charge in [-0.3, -0.25) is 19.1 Å². The van der Waals surface area contributed by atoms with Crippen molar-refractivity contribution < 1.29 is 45.1 Å². The molecule has 2 saturated carbocycles. The van der Waals surface area contributed by atoms with Gasteiger partial charge in [0.05, 0.1) is 17.4 Å². The van der Waals surface area contributed by atoms with Gasteiger partial charge in [-0.15, -0.1) is 0 Å². The van der Waals surface area contributed by atoms with Gasteiger partial charge in [-0.2, -0.15) is 18.2 Å². The van der Waals surface area contributed by atoms with Crippen LogP contribution in [0.4, 0.5) is 13.2 Å². The summed E-state index contributed by atoms with van der Waals surface area (Å²) >= 11 is 5.12. The normalized spacial score (nSPS) is 26.2. The number of thiocarbonyl (C=S) groups is 1. The smallest absolute Gasteiger partial charge is 0.416 e. The number of allylic oxidation sites excluding steroid dienone is 1. The molecule has 0 spiro atoms. The van der Waals surface area contributed by atoms with Crippen molar-refractivity contribution >= 4 is 67.1 Å². The number of fused-ring (bicyclic) bond motifs is 5. The minimum Gasteiger partial charge on any atom is -0.470 e. The number of nitrogens with two attached hydrogens (primary N) is 1. The molecule has 2 aliphatic carbocycles. The van der Waals surface area contributed by atoms with E-state index in [0.29, 0.717) is 48.6 Å². The first kappa shape index (κ1) is 39.5. The molecule has 2 aliphatic heterocycles. The number of carbonyl (C=O) groups is 3. The number of benzene rings is 2. The number of rotatable bonds is 7. The number of halogens is 3. The third-order valence-corrected chi connectivity index (χ3v) is 13.0. The molecule has 5 N–H and O–H groups in total. The lowest BCUT2D eigenvalue weighted by molar-refractivity contribution is -0.141. The van der Waals surface area contributed by atoms with E-state index in [1.54, 1.807) is 24.3 Å². The Morgan fingerprint density at radius 1 is 1.05 bits per heavy atom. The van der Waals surface area contributed by atoms with Gasteiger partial charge in [0.15, 0.2) is 10.9 Å². The van der Waals surface area contributed by atoms with Gasteiger partial charge in [0.2, 0.25) is 27.4 Å². The van der Waals surface area contributed by atoms with Crippen LogP contribution in [0.25, 0.3) is 33.5 Å². The number of para-hydroxylation sites is 1. The van der Waals surface area contributed by atoms with Gasteiger partial charge >= 0.3 is 6.18 Å². The van der Waals surface area contributed by atoms with Crippen LogP contribution in [0.3, 0.4) is 0 Å². The summed E-state index contributed by atoms with van der Waals surface area (Å²) in [5.74, 6) is -2.53. The summed E-state index contributed by atoms with van der Waals surface area (Å²) in [6.07, 6.45) is 2.45. The van der Waals surface area contributed by atoms with Crippen molar-refractivity contribution in [3.63, 3.8) is 0 Å². The number of nitrogens with zero attached hydrogens (tertiary/aromatic N) is 3. The third kappa shape index (κ3) is 7.93. The molecule has 5 atom stereocenters. The summed E-state index contributed by atoms with van der Waals surface area (Å²) in [4.78, 5) is 53.1. The molecule has 4 aromatic rings.